The molecule has 24 heavy (non-hydrogen) atoms. The monoisotopic (exact) mass is 348 g/mol. The van der Waals surface area contributed by atoms with E-state index in [1.165, 1.54) is 18.4 Å². The summed E-state index contributed by atoms with van der Waals surface area (Å²) in [5, 5.41) is 3.41. The highest BCUT2D eigenvalue weighted by atomic mass is 35.5. The van der Waals surface area contributed by atoms with Gasteiger partial charge < -0.3 is 9.73 Å². The van der Waals surface area contributed by atoms with Gasteiger partial charge in [0.2, 0.25) is 0 Å². The van der Waals surface area contributed by atoms with Crippen molar-refractivity contribution in [2.45, 2.75) is 13.0 Å². The van der Waals surface area contributed by atoms with Gasteiger partial charge in [-0.1, -0.05) is 17.7 Å². The van der Waals surface area contributed by atoms with Crippen LogP contribution in [0.3, 0.4) is 0 Å². The molecule has 3 rings (SSSR count). The third-order valence-electron chi connectivity index (χ3n) is 3.93. The third kappa shape index (κ3) is 4.24. The second-order valence-corrected chi connectivity index (χ2v) is 6.16. The molecule has 1 amide bonds. The molecule has 0 atom stereocenters. The molecular formula is C18H18ClFN2O2. The van der Waals surface area contributed by atoms with E-state index in [9.17, 15) is 9.18 Å². The van der Waals surface area contributed by atoms with Crippen LogP contribution < -0.4 is 5.32 Å². The molecule has 2 heterocycles. The SMILES string of the molecule is O=C(NCC1=CCCN(Cc2cc(F)ccc2Cl)C1)c1ccco1. The first kappa shape index (κ1) is 16.7. The van der Waals surface area contributed by atoms with E-state index < -0.39 is 0 Å². The van der Waals surface area contributed by atoms with Crippen molar-refractivity contribution in [1.29, 1.82) is 0 Å². The van der Waals surface area contributed by atoms with Gasteiger partial charge in [-0.2, -0.15) is 0 Å². The van der Waals surface area contributed by atoms with Gasteiger partial charge in [-0.15, -0.1) is 0 Å². The second-order valence-electron chi connectivity index (χ2n) is 5.76. The first-order chi connectivity index (χ1) is 11.6. The van der Waals surface area contributed by atoms with Crippen LogP contribution in [0.1, 0.15) is 22.5 Å². The molecule has 0 saturated heterocycles. The molecular weight excluding hydrogens is 331 g/mol. The number of carbonyl (C=O) groups is 1. The molecule has 1 N–H and O–H groups in total. The van der Waals surface area contributed by atoms with E-state index in [-0.39, 0.29) is 11.7 Å². The fourth-order valence-electron chi connectivity index (χ4n) is 2.74. The summed E-state index contributed by atoms with van der Waals surface area (Å²) < 4.78 is 18.4. The van der Waals surface area contributed by atoms with Crippen LogP contribution in [-0.2, 0) is 6.54 Å². The molecule has 0 bridgehead atoms. The summed E-state index contributed by atoms with van der Waals surface area (Å²) in [6, 6.07) is 7.72. The second kappa shape index (κ2) is 7.64. The lowest BCUT2D eigenvalue weighted by Crippen LogP contribution is -2.34. The number of furan rings is 1. The fraction of sp³-hybridized carbons (Fsp3) is 0.278. The molecule has 0 fully saturated rings. The van der Waals surface area contributed by atoms with Crippen molar-refractivity contribution in [3.05, 3.63) is 70.4 Å². The molecule has 1 aromatic carbocycles. The van der Waals surface area contributed by atoms with Gasteiger partial charge in [0.05, 0.1) is 6.26 Å². The van der Waals surface area contributed by atoms with E-state index in [1.807, 2.05) is 0 Å². The zero-order valence-electron chi connectivity index (χ0n) is 13.1. The topological polar surface area (TPSA) is 45.5 Å². The quantitative estimate of drug-likeness (QED) is 0.839. The van der Waals surface area contributed by atoms with Crippen LogP contribution in [-0.4, -0.2) is 30.4 Å². The maximum absolute atomic E-state index is 13.4. The van der Waals surface area contributed by atoms with Crippen LogP contribution >= 0.6 is 11.6 Å². The Morgan fingerprint density at radius 2 is 2.25 bits per heavy atom. The summed E-state index contributed by atoms with van der Waals surface area (Å²) in [7, 11) is 0. The zero-order chi connectivity index (χ0) is 16.9. The van der Waals surface area contributed by atoms with Crippen LogP contribution in [0.4, 0.5) is 4.39 Å². The number of halogens is 2. The Labute approximate surface area is 144 Å². The summed E-state index contributed by atoms with van der Waals surface area (Å²) >= 11 is 6.14. The maximum Gasteiger partial charge on any atom is 0.287 e. The smallest absolute Gasteiger partial charge is 0.287 e. The molecule has 0 radical (unpaired) electrons. The average Bonchev–Trinajstić information content (AvgIpc) is 3.11. The van der Waals surface area contributed by atoms with Crippen LogP contribution in [0.25, 0.3) is 0 Å². The third-order valence-corrected chi connectivity index (χ3v) is 4.30. The van der Waals surface area contributed by atoms with Crippen molar-refractivity contribution in [2.24, 2.45) is 0 Å². The normalized spacial score (nSPS) is 15.2. The van der Waals surface area contributed by atoms with Crippen molar-refractivity contribution in [1.82, 2.24) is 10.2 Å². The minimum atomic E-state index is -0.284. The molecule has 2 aromatic rings. The van der Waals surface area contributed by atoms with Crippen molar-refractivity contribution >= 4 is 17.5 Å². The predicted octanol–water partition coefficient (Wildman–Crippen LogP) is 3.63. The van der Waals surface area contributed by atoms with Crippen LogP contribution in [0.15, 0.2) is 52.7 Å². The lowest BCUT2D eigenvalue weighted by atomic mass is 10.1. The van der Waals surface area contributed by atoms with E-state index >= 15 is 0 Å². The molecule has 0 spiro atoms. The zero-order valence-corrected chi connectivity index (χ0v) is 13.9. The molecule has 1 aliphatic heterocycles. The van der Waals surface area contributed by atoms with Gasteiger partial charge in [0.15, 0.2) is 5.76 Å². The van der Waals surface area contributed by atoms with Gasteiger partial charge in [-0.05, 0) is 47.9 Å². The Balaban J connectivity index is 1.55. The van der Waals surface area contributed by atoms with Crippen LogP contribution in [0.5, 0.6) is 0 Å². The Bertz CT molecular complexity index is 743. The highest BCUT2D eigenvalue weighted by Gasteiger charge is 2.16. The van der Waals surface area contributed by atoms with Crippen LogP contribution in [0, 0.1) is 5.82 Å². The highest BCUT2D eigenvalue weighted by molar-refractivity contribution is 6.31. The molecule has 1 aliphatic rings. The van der Waals surface area contributed by atoms with E-state index in [1.54, 1.807) is 18.2 Å². The van der Waals surface area contributed by atoms with Crippen molar-refractivity contribution < 1.29 is 13.6 Å². The van der Waals surface area contributed by atoms with E-state index in [4.69, 9.17) is 16.0 Å². The first-order valence-electron chi connectivity index (χ1n) is 7.78. The lowest BCUT2D eigenvalue weighted by Gasteiger charge is -2.27. The number of benzene rings is 1. The van der Waals surface area contributed by atoms with E-state index in [2.05, 4.69) is 16.3 Å². The van der Waals surface area contributed by atoms with Crippen molar-refractivity contribution in [3.8, 4) is 0 Å². The molecule has 4 nitrogen and oxygen atoms in total. The lowest BCUT2D eigenvalue weighted by molar-refractivity contribution is 0.0928. The van der Waals surface area contributed by atoms with Gasteiger partial charge in [0, 0.05) is 31.2 Å². The molecule has 0 unspecified atom stereocenters. The van der Waals surface area contributed by atoms with E-state index in [0.717, 1.165) is 24.1 Å². The summed E-state index contributed by atoms with van der Waals surface area (Å²) in [5.74, 6) is -0.214. The minimum absolute atomic E-state index is 0.230. The average molecular weight is 349 g/mol. The van der Waals surface area contributed by atoms with E-state index in [0.29, 0.717) is 30.4 Å². The largest absolute Gasteiger partial charge is 0.459 e. The highest BCUT2D eigenvalue weighted by Crippen LogP contribution is 2.21. The summed E-state index contributed by atoms with van der Waals surface area (Å²) in [6.07, 6.45) is 4.49. The Kier molecular flexibility index (Phi) is 5.33. The number of carbonyl (C=O) groups excluding carboxylic acids is 1. The van der Waals surface area contributed by atoms with Crippen molar-refractivity contribution in [3.63, 3.8) is 0 Å². The number of hydrogen-bond acceptors (Lipinski definition) is 3. The number of hydrogen-bond donors (Lipinski definition) is 1. The van der Waals surface area contributed by atoms with Crippen LogP contribution in [0.2, 0.25) is 5.02 Å². The minimum Gasteiger partial charge on any atom is -0.459 e. The summed E-state index contributed by atoms with van der Waals surface area (Å²) in [4.78, 5) is 14.1. The standard InChI is InChI=1S/C18H18ClFN2O2/c19-16-6-5-15(20)9-14(16)12-22-7-1-3-13(11-22)10-21-18(23)17-4-2-8-24-17/h2-6,8-9H,1,7,10-12H2,(H,21,23). The van der Waals surface area contributed by atoms with Gasteiger partial charge in [-0.25, -0.2) is 4.39 Å². The number of rotatable bonds is 5. The first-order valence-corrected chi connectivity index (χ1v) is 8.15. The number of amides is 1. The predicted molar refractivity (Wildman–Crippen MR) is 90.4 cm³/mol. The molecule has 1 aromatic heterocycles. The molecule has 0 aliphatic carbocycles. The maximum atomic E-state index is 13.4. The number of nitrogens with zero attached hydrogens (tertiary/aromatic N) is 1. The Hall–Kier alpha value is -2.11. The van der Waals surface area contributed by atoms with Gasteiger partial charge >= 0.3 is 0 Å². The van der Waals surface area contributed by atoms with Gasteiger partial charge in [-0.3, -0.25) is 9.69 Å². The molecule has 0 saturated carbocycles. The van der Waals surface area contributed by atoms with Gasteiger partial charge in [0.25, 0.3) is 5.91 Å². The summed E-state index contributed by atoms with van der Waals surface area (Å²) in [6.45, 7) is 2.64. The van der Waals surface area contributed by atoms with Crippen molar-refractivity contribution in [2.75, 3.05) is 19.6 Å². The Morgan fingerprint density at radius 3 is 3.04 bits per heavy atom. The summed E-state index contributed by atoms with van der Waals surface area (Å²) in [5.41, 5.74) is 1.89. The molecule has 6 heteroatoms. The van der Waals surface area contributed by atoms with Gasteiger partial charge in [0.1, 0.15) is 5.82 Å². The number of nitrogens with one attached hydrogen (secondary N) is 1. The fourth-order valence-corrected chi connectivity index (χ4v) is 2.92. The Morgan fingerprint density at radius 1 is 1.38 bits per heavy atom. The molecule has 126 valence electrons.